The van der Waals surface area contributed by atoms with Crippen LogP contribution in [0.1, 0.15) is 32.2 Å². The van der Waals surface area contributed by atoms with Crippen molar-refractivity contribution in [2.24, 2.45) is 5.92 Å². The topological polar surface area (TPSA) is 60.3 Å². The Balaban J connectivity index is 1.65. The maximum atomic E-state index is 12.6. The zero-order chi connectivity index (χ0) is 22.2. The summed E-state index contributed by atoms with van der Waals surface area (Å²) in [7, 11) is 1.79. The van der Waals surface area contributed by atoms with Gasteiger partial charge in [0.1, 0.15) is 12.4 Å². The summed E-state index contributed by atoms with van der Waals surface area (Å²) in [5.41, 5.74) is 2.15. The first-order chi connectivity index (χ1) is 15.0. The van der Waals surface area contributed by atoms with E-state index >= 15 is 0 Å². The normalized spacial score (nSPS) is 11.0. The molecule has 0 unspecified atom stereocenters. The monoisotopic (exact) mass is 438 g/mol. The average molecular weight is 439 g/mol. The average Bonchev–Trinajstić information content (AvgIpc) is 3.17. The molecule has 0 aliphatic carbocycles. The Morgan fingerprint density at radius 2 is 1.81 bits per heavy atom. The SMILES string of the molecule is CCc1ccc(OCc2nnc(SCC(=O)N(C)c3ccccc3)n2CC(C)C)cc1. The quantitative estimate of drug-likeness (QED) is 0.424. The molecule has 1 aromatic heterocycles. The highest BCUT2D eigenvalue weighted by Crippen LogP contribution is 2.22. The standard InChI is InChI=1S/C24H30N4O2S/c1-5-19-11-13-21(14-12-19)30-16-22-25-26-24(28(22)15-18(2)3)31-17-23(29)27(4)20-9-7-6-8-10-20/h6-14,18H,5,15-17H2,1-4H3. The lowest BCUT2D eigenvalue weighted by Crippen LogP contribution is -2.28. The number of benzene rings is 2. The van der Waals surface area contributed by atoms with Crippen molar-refractivity contribution in [1.29, 1.82) is 0 Å². The minimum absolute atomic E-state index is 0.0177. The molecule has 164 valence electrons. The lowest BCUT2D eigenvalue weighted by atomic mass is 10.2. The largest absolute Gasteiger partial charge is 0.486 e. The minimum Gasteiger partial charge on any atom is -0.486 e. The first kappa shape index (κ1) is 22.9. The van der Waals surface area contributed by atoms with Gasteiger partial charge in [-0.25, -0.2) is 0 Å². The number of aryl methyl sites for hydroxylation is 1. The van der Waals surface area contributed by atoms with Crippen LogP contribution < -0.4 is 9.64 Å². The molecule has 3 rings (SSSR count). The maximum absolute atomic E-state index is 12.6. The van der Waals surface area contributed by atoms with E-state index in [4.69, 9.17) is 4.74 Å². The van der Waals surface area contributed by atoms with E-state index in [9.17, 15) is 4.79 Å². The fourth-order valence-electron chi connectivity index (χ4n) is 3.07. The van der Waals surface area contributed by atoms with Crippen molar-refractivity contribution in [2.45, 2.75) is 45.5 Å². The van der Waals surface area contributed by atoms with E-state index in [1.807, 2.05) is 42.5 Å². The van der Waals surface area contributed by atoms with Crippen LogP contribution in [-0.2, 0) is 24.4 Å². The Labute approximate surface area is 188 Å². The predicted molar refractivity (Wildman–Crippen MR) is 126 cm³/mol. The molecule has 6 nitrogen and oxygen atoms in total. The third-order valence-corrected chi connectivity index (χ3v) is 5.83. The van der Waals surface area contributed by atoms with Crippen molar-refractivity contribution in [2.75, 3.05) is 17.7 Å². The molecule has 1 amide bonds. The van der Waals surface area contributed by atoms with Gasteiger partial charge in [-0.2, -0.15) is 0 Å². The van der Waals surface area contributed by atoms with Gasteiger partial charge in [0, 0.05) is 19.3 Å². The summed E-state index contributed by atoms with van der Waals surface area (Å²) in [6.45, 7) is 7.54. The van der Waals surface area contributed by atoms with Crippen molar-refractivity contribution < 1.29 is 9.53 Å². The van der Waals surface area contributed by atoms with Crippen molar-refractivity contribution in [3.8, 4) is 5.75 Å². The van der Waals surface area contributed by atoms with Crippen LogP contribution in [0.25, 0.3) is 0 Å². The maximum Gasteiger partial charge on any atom is 0.237 e. The number of hydrogen-bond acceptors (Lipinski definition) is 5. The molecule has 0 saturated heterocycles. The molecule has 0 aliphatic heterocycles. The van der Waals surface area contributed by atoms with E-state index < -0.39 is 0 Å². The van der Waals surface area contributed by atoms with Gasteiger partial charge >= 0.3 is 0 Å². The van der Waals surface area contributed by atoms with Gasteiger partial charge in [-0.05, 0) is 42.2 Å². The fourth-order valence-corrected chi connectivity index (χ4v) is 3.95. The minimum atomic E-state index is 0.0177. The van der Waals surface area contributed by atoms with E-state index in [1.54, 1.807) is 11.9 Å². The van der Waals surface area contributed by atoms with E-state index in [1.165, 1.54) is 17.3 Å². The van der Waals surface area contributed by atoms with E-state index in [2.05, 4.69) is 47.7 Å². The summed E-state index contributed by atoms with van der Waals surface area (Å²) >= 11 is 1.41. The molecule has 3 aromatic rings. The molecule has 0 N–H and O–H groups in total. The first-order valence-electron chi connectivity index (χ1n) is 10.6. The highest BCUT2D eigenvalue weighted by Gasteiger charge is 2.18. The second kappa shape index (κ2) is 11.0. The third-order valence-electron chi connectivity index (χ3n) is 4.88. The lowest BCUT2D eigenvalue weighted by molar-refractivity contribution is -0.115. The molecule has 0 aliphatic rings. The number of carbonyl (C=O) groups is 1. The Kier molecular flexibility index (Phi) is 8.12. The molecule has 0 saturated carbocycles. The molecule has 0 spiro atoms. The van der Waals surface area contributed by atoms with E-state index in [0.717, 1.165) is 35.4 Å². The molecular formula is C24H30N4O2S. The van der Waals surface area contributed by atoms with Gasteiger partial charge in [-0.1, -0.05) is 62.9 Å². The summed E-state index contributed by atoms with van der Waals surface area (Å²) in [6.07, 6.45) is 1.00. The molecule has 0 fully saturated rings. The summed E-state index contributed by atoms with van der Waals surface area (Å²) in [5, 5.41) is 9.42. The number of nitrogens with zero attached hydrogens (tertiary/aromatic N) is 4. The second-order valence-corrected chi connectivity index (χ2v) is 8.71. The van der Waals surface area contributed by atoms with Crippen LogP contribution in [0.2, 0.25) is 0 Å². The highest BCUT2D eigenvalue weighted by atomic mass is 32.2. The summed E-state index contributed by atoms with van der Waals surface area (Å²) in [4.78, 5) is 14.3. The number of thioether (sulfide) groups is 1. The van der Waals surface area contributed by atoms with Crippen molar-refractivity contribution in [3.63, 3.8) is 0 Å². The van der Waals surface area contributed by atoms with Crippen molar-refractivity contribution >= 4 is 23.4 Å². The smallest absolute Gasteiger partial charge is 0.237 e. The second-order valence-electron chi connectivity index (χ2n) is 7.77. The fraction of sp³-hybridized carbons (Fsp3) is 0.375. The Bertz CT molecular complexity index is 971. The molecule has 1 heterocycles. The number of carbonyl (C=O) groups excluding carboxylic acids is 1. The van der Waals surface area contributed by atoms with Crippen molar-refractivity contribution in [3.05, 3.63) is 66.0 Å². The molecule has 2 aromatic carbocycles. The molecular weight excluding hydrogens is 408 g/mol. The van der Waals surface area contributed by atoms with Crippen LogP contribution in [0.5, 0.6) is 5.75 Å². The van der Waals surface area contributed by atoms with Crippen LogP contribution >= 0.6 is 11.8 Å². The molecule has 7 heteroatoms. The molecule has 31 heavy (non-hydrogen) atoms. The van der Waals surface area contributed by atoms with Crippen LogP contribution in [0.3, 0.4) is 0 Å². The Morgan fingerprint density at radius 1 is 1.10 bits per heavy atom. The summed E-state index contributed by atoms with van der Waals surface area (Å²) in [5.74, 6) is 2.30. The number of amides is 1. The van der Waals surface area contributed by atoms with Crippen LogP contribution in [-0.4, -0.2) is 33.5 Å². The lowest BCUT2D eigenvalue weighted by Gasteiger charge is -2.17. The molecule has 0 atom stereocenters. The number of hydrogen-bond donors (Lipinski definition) is 0. The zero-order valence-electron chi connectivity index (χ0n) is 18.6. The van der Waals surface area contributed by atoms with Crippen LogP contribution in [0, 0.1) is 5.92 Å². The van der Waals surface area contributed by atoms with E-state index in [0.29, 0.717) is 18.3 Å². The van der Waals surface area contributed by atoms with Gasteiger partial charge in [-0.15, -0.1) is 10.2 Å². The zero-order valence-corrected chi connectivity index (χ0v) is 19.4. The molecule has 0 bridgehead atoms. The van der Waals surface area contributed by atoms with Gasteiger partial charge in [0.05, 0.1) is 5.75 Å². The molecule has 0 radical (unpaired) electrons. The Morgan fingerprint density at radius 3 is 2.45 bits per heavy atom. The Hall–Kier alpha value is -2.80. The summed E-state index contributed by atoms with van der Waals surface area (Å²) < 4.78 is 8.00. The van der Waals surface area contributed by atoms with Crippen molar-refractivity contribution in [1.82, 2.24) is 14.8 Å². The third kappa shape index (κ3) is 6.34. The number of para-hydroxylation sites is 1. The number of rotatable bonds is 10. The van der Waals surface area contributed by atoms with Crippen LogP contribution in [0.4, 0.5) is 5.69 Å². The number of ether oxygens (including phenoxy) is 1. The number of anilines is 1. The van der Waals surface area contributed by atoms with Gasteiger partial charge in [0.25, 0.3) is 0 Å². The highest BCUT2D eigenvalue weighted by molar-refractivity contribution is 7.99. The van der Waals surface area contributed by atoms with Crippen LogP contribution in [0.15, 0.2) is 59.8 Å². The number of aromatic nitrogens is 3. The predicted octanol–water partition coefficient (Wildman–Crippen LogP) is 4.83. The van der Waals surface area contributed by atoms with Gasteiger partial charge < -0.3 is 14.2 Å². The summed E-state index contributed by atoms with van der Waals surface area (Å²) in [6, 6.07) is 17.7. The van der Waals surface area contributed by atoms with Gasteiger partial charge in [0.2, 0.25) is 5.91 Å². The van der Waals surface area contributed by atoms with Gasteiger partial charge in [0.15, 0.2) is 11.0 Å². The van der Waals surface area contributed by atoms with E-state index in [-0.39, 0.29) is 5.91 Å². The van der Waals surface area contributed by atoms with Gasteiger partial charge in [-0.3, -0.25) is 4.79 Å². The first-order valence-corrected chi connectivity index (χ1v) is 11.5.